The maximum Gasteiger partial charge on any atom is 1.00 e. The van der Waals surface area contributed by atoms with Crippen LogP contribution in [0.4, 0.5) is 4.39 Å². The van der Waals surface area contributed by atoms with Crippen molar-refractivity contribution < 1.29 is 58.1 Å². The van der Waals surface area contributed by atoms with Crippen molar-refractivity contribution in [2.24, 2.45) is 0 Å². The molecule has 4 aromatic carbocycles. The third-order valence-electron chi connectivity index (χ3n) is 6.40. The molecule has 9 heteroatoms. The van der Waals surface area contributed by atoms with E-state index in [2.05, 4.69) is 4.98 Å². The van der Waals surface area contributed by atoms with E-state index in [1.165, 1.54) is 6.07 Å². The van der Waals surface area contributed by atoms with Gasteiger partial charge in [0.25, 0.3) is 0 Å². The van der Waals surface area contributed by atoms with E-state index >= 15 is 0 Å². The largest absolute Gasteiger partial charge is 1.00 e. The number of aliphatic carboxylic acids is 1. The smallest absolute Gasteiger partial charge is 0.546 e. The van der Waals surface area contributed by atoms with Gasteiger partial charge in [0.2, 0.25) is 5.88 Å². The second-order valence-corrected chi connectivity index (χ2v) is 9.08. The van der Waals surface area contributed by atoms with Crippen LogP contribution < -0.4 is 48.9 Å². The fourth-order valence-corrected chi connectivity index (χ4v) is 4.20. The molecule has 5 rings (SSSR count). The van der Waals surface area contributed by atoms with Gasteiger partial charge in [-0.2, -0.15) is 4.98 Å². The van der Waals surface area contributed by atoms with Crippen molar-refractivity contribution in [1.82, 2.24) is 9.97 Å². The van der Waals surface area contributed by atoms with Crippen molar-refractivity contribution in [1.29, 1.82) is 0 Å². The molecule has 0 aliphatic heterocycles. The Labute approximate surface area is 259 Å². The SMILES string of the molecule is CCC(Oc1ccc2cc(-c3nc(OCc4ccccc4F)cc(-c4ccc(OC)cc4)n3)ccc2c1)C(=O)[O-].[Na+]. The molecular formula is C32H26FN2NaO5. The molecule has 0 radical (unpaired) electrons. The van der Waals surface area contributed by atoms with Crippen LogP contribution in [0.1, 0.15) is 18.9 Å². The van der Waals surface area contributed by atoms with Gasteiger partial charge in [-0.1, -0.05) is 43.3 Å². The van der Waals surface area contributed by atoms with E-state index in [4.69, 9.17) is 19.2 Å². The predicted octanol–water partition coefficient (Wildman–Crippen LogP) is 2.60. The average Bonchev–Trinajstić information content (AvgIpc) is 2.99. The van der Waals surface area contributed by atoms with Gasteiger partial charge in [0.05, 0.1) is 18.8 Å². The van der Waals surface area contributed by atoms with Crippen LogP contribution in [0.2, 0.25) is 0 Å². The molecule has 0 aliphatic carbocycles. The third-order valence-corrected chi connectivity index (χ3v) is 6.40. The van der Waals surface area contributed by atoms with Crippen LogP contribution in [0, 0.1) is 5.82 Å². The van der Waals surface area contributed by atoms with E-state index in [9.17, 15) is 14.3 Å². The van der Waals surface area contributed by atoms with Crippen LogP contribution in [-0.4, -0.2) is 29.2 Å². The number of nitrogens with zero attached hydrogens (tertiary/aromatic N) is 2. The van der Waals surface area contributed by atoms with Gasteiger partial charge in [0, 0.05) is 22.8 Å². The summed E-state index contributed by atoms with van der Waals surface area (Å²) >= 11 is 0. The second kappa shape index (κ2) is 13.6. The molecule has 0 saturated heterocycles. The Bertz CT molecular complexity index is 1660. The van der Waals surface area contributed by atoms with Gasteiger partial charge >= 0.3 is 29.6 Å². The number of carboxylic acid groups (broad SMARTS) is 1. The van der Waals surface area contributed by atoms with Crippen LogP contribution in [-0.2, 0) is 11.4 Å². The minimum Gasteiger partial charge on any atom is -0.546 e. The first-order valence-corrected chi connectivity index (χ1v) is 12.7. The van der Waals surface area contributed by atoms with Crippen molar-refractivity contribution in [3.05, 3.63) is 102 Å². The average molecular weight is 561 g/mol. The second-order valence-electron chi connectivity index (χ2n) is 9.08. The molecule has 202 valence electrons. The molecule has 1 atom stereocenters. The zero-order chi connectivity index (χ0) is 28.1. The quantitative estimate of drug-likeness (QED) is 0.243. The van der Waals surface area contributed by atoms with Crippen LogP contribution in [0.15, 0.2) is 91.0 Å². The Morgan fingerprint density at radius 2 is 1.56 bits per heavy atom. The number of rotatable bonds is 10. The molecule has 5 aromatic rings. The third kappa shape index (κ3) is 7.21. The van der Waals surface area contributed by atoms with Gasteiger partial charge in [-0.25, -0.2) is 9.37 Å². The topological polar surface area (TPSA) is 93.6 Å². The molecular weight excluding hydrogens is 534 g/mol. The maximum absolute atomic E-state index is 14.2. The Morgan fingerprint density at radius 1 is 0.878 bits per heavy atom. The van der Waals surface area contributed by atoms with Gasteiger partial charge in [-0.3, -0.25) is 0 Å². The van der Waals surface area contributed by atoms with E-state index in [1.54, 1.807) is 50.4 Å². The molecule has 0 amide bonds. The van der Waals surface area contributed by atoms with Crippen molar-refractivity contribution in [3.63, 3.8) is 0 Å². The minimum atomic E-state index is -1.25. The molecule has 1 aromatic heterocycles. The van der Waals surface area contributed by atoms with E-state index in [0.717, 1.165) is 27.6 Å². The molecule has 0 bridgehead atoms. The standard InChI is InChI=1S/C32H27FN2O5.Na/c1-3-29(32(36)37)40-26-15-12-21-16-23(9-8-22(21)17-26)31-34-28(20-10-13-25(38-2)14-11-20)18-30(35-31)39-19-24-6-4-5-7-27(24)33;/h4-18,29H,3,19H2,1-2H3,(H,36,37);/q;+1/p-1. The number of halogens is 1. The fraction of sp³-hybridized carbons (Fsp3) is 0.156. The number of carbonyl (C=O) groups excluding carboxylic acids is 1. The summed E-state index contributed by atoms with van der Waals surface area (Å²) in [6, 6.07) is 26.7. The van der Waals surface area contributed by atoms with E-state index < -0.39 is 12.1 Å². The molecule has 0 aliphatic rings. The summed E-state index contributed by atoms with van der Waals surface area (Å²) in [6.45, 7) is 1.73. The zero-order valence-electron chi connectivity index (χ0n) is 23.0. The van der Waals surface area contributed by atoms with Crippen molar-refractivity contribution in [2.45, 2.75) is 26.1 Å². The number of hydrogen-bond donors (Lipinski definition) is 0. The molecule has 1 heterocycles. The Balaban J connectivity index is 0.00000387. The summed E-state index contributed by atoms with van der Waals surface area (Å²) in [7, 11) is 1.60. The first kappa shape index (κ1) is 30.0. The molecule has 0 fully saturated rings. The monoisotopic (exact) mass is 560 g/mol. The summed E-state index contributed by atoms with van der Waals surface area (Å²) in [5, 5.41) is 13.0. The summed E-state index contributed by atoms with van der Waals surface area (Å²) in [6.07, 6.45) is -0.726. The summed E-state index contributed by atoms with van der Waals surface area (Å²) in [5.41, 5.74) is 2.63. The first-order valence-electron chi connectivity index (χ1n) is 12.7. The maximum atomic E-state index is 14.2. The van der Waals surface area contributed by atoms with Gasteiger partial charge < -0.3 is 24.1 Å². The number of ether oxygens (including phenoxy) is 3. The Kier molecular flexibility index (Phi) is 9.94. The van der Waals surface area contributed by atoms with E-state index in [0.29, 0.717) is 35.1 Å². The van der Waals surface area contributed by atoms with Gasteiger partial charge in [0.1, 0.15) is 30.0 Å². The fourth-order valence-electron chi connectivity index (χ4n) is 4.20. The zero-order valence-corrected chi connectivity index (χ0v) is 25.0. The van der Waals surface area contributed by atoms with Crippen molar-refractivity contribution in [3.8, 4) is 40.0 Å². The summed E-state index contributed by atoms with van der Waals surface area (Å²) in [5.74, 6) is 0.294. The number of hydrogen-bond acceptors (Lipinski definition) is 7. The molecule has 0 N–H and O–H groups in total. The Hall–Kier alpha value is -3.98. The van der Waals surface area contributed by atoms with Gasteiger partial charge in [0.15, 0.2) is 5.82 Å². The number of carbonyl (C=O) groups is 1. The van der Waals surface area contributed by atoms with E-state index in [-0.39, 0.29) is 42.0 Å². The summed E-state index contributed by atoms with van der Waals surface area (Å²) in [4.78, 5) is 20.7. The van der Waals surface area contributed by atoms with Crippen LogP contribution in [0.25, 0.3) is 33.4 Å². The van der Waals surface area contributed by atoms with Crippen LogP contribution >= 0.6 is 0 Å². The first-order chi connectivity index (χ1) is 19.4. The van der Waals surface area contributed by atoms with Crippen molar-refractivity contribution in [2.75, 3.05) is 7.11 Å². The van der Waals surface area contributed by atoms with Crippen LogP contribution in [0.5, 0.6) is 17.4 Å². The minimum absolute atomic E-state index is 0. The normalized spacial score (nSPS) is 11.4. The Morgan fingerprint density at radius 3 is 2.27 bits per heavy atom. The number of aromatic nitrogens is 2. The number of carboxylic acids is 1. The number of benzene rings is 4. The van der Waals surface area contributed by atoms with Crippen molar-refractivity contribution >= 4 is 16.7 Å². The molecule has 7 nitrogen and oxygen atoms in total. The number of fused-ring (bicyclic) bond motifs is 1. The summed E-state index contributed by atoms with van der Waals surface area (Å²) < 4.78 is 31.0. The molecule has 0 saturated carbocycles. The number of methoxy groups -OCH3 is 1. The molecule has 0 spiro atoms. The van der Waals surface area contributed by atoms with E-state index in [1.807, 2.05) is 48.5 Å². The van der Waals surface area contributed by atoms with Gasteiger partial charge in [-0.05, 0) is 65.7 Å². The van der Waals surface area contributed by atoms with Crippen LogP contribution in [0.3, 0.4) is 0 Å². The molecule has 1 unspecified atom stereocenters. The predicted molar refractivity (Wildman–Crippen MR) is 147 cm³/mol. The van der Waals surface area contributed by atoms with Gasteiger partial charge in [-0.15, -0.1) is 0 Å². The molecule has 41 heavy (non-hydrogen) atoms.